The predicted octanol–water partition coefficient (Wildman–Crippen LogP) is 6.70. The summed E-state index contributed by atoms with van der Waals surface area (Å²) in [6.45, 7) is 10.8. The lowest BCUT2D eigenvalue weighted by Gasteiger charge is -2.27. The Bertz CT molecular complexity index is 1400. The summed E-state index contributed by atoms with van der Waals surface area (Å²) in [6.07, 6.45) is 3.61. The minimum absolute atomic E-state index is 0.121. The molecule has 2 N–H and O–H groups in total. The maximum Gasteiger partial charge on any atom is 0.266 e. The normalized spacial score (nSPS) is 17.2. The summed E-state index contributed by atoms with van der Waals surface area (Å²) in [5.41, 5.74) is 0.859. The van der Waals surface area contributed by atoms with Crippen molar-refractivity contribution >= 4 is 46.0 Å². The molecular formula is C30H36BrFN6O2S. The van der Waals surface area contributed by atoms with Crippen molar-refractivity contribution in [1.29, 1.82) is 0 Å². The summed E-state index contributed by atoms with van der Waals surface area (Å²) in [6, 6.07) is 14.3. The number of rotatable bonds is 10. The highest BCUT2D eigenvalue weighted by Gasteiger charge is 2.37. The average molecular weight is 644 g/mol. The minimum atomic E-state index is -0.801. The molecule has 3 aromatic heterocycles. The number of amides is 2. The number of likely N-dealkylation sites (tertiary alicyclic amines) is 1. The summed E-state index contributed by atoms with van der Waals surface area (Å²) in [7, 11) is 0. The standard InChI is InChI=1S/C30H36BrFN6O2S/c1-29(2,3)23-15-13-20(27(32)35-23)28(40)37-41-26-11-7-10-25(36-26)34-22(21-8-6-9-24(31)33-21)14-12-19-16-30(4,5)38(17-19)18-39/h6-11,13,15,18-19,22H,12,14,16-17H2,1-5H3,(H,34,36)(H,37,40). The highest BCUT2D eigenvalue weighted by atomic mass is 79.9. The molecule has 0 saturated carbocycles. The number of nitrogens with one attached hydrogen (secondary N) is 2. The SMILES string of the molecule is CC(C)(C)c1ccc(C(=O)NSc2cccc(NC(CCC3CN(C=O)C(C)(C)C3)c3cccc(Br)n3)n2)c(F)n1. The second kappa shape index (κ2) is 12.9. The largest absolute Gasteiger partial charge is 0.362 e. The van der Waals surface area contributed by atoms with Crippen LogP contribution in [0.25, 0.3) is 0 Å². The Morgan fingerprint density at radius 3 is 2.59 bits per heavy atom. The van der Waals surface area contributed by atoms with Crippen LogP contribution in [0.4, 0.5) is 10.2 Å². The summed E-state index contributed by atoms with van der Waals surface area (Å²) < 4.78 is 18.0. The molecule has 8 nitrogen and oxygen atoms in total. The molecule has 2 atom stereocenters. The molecule has 2 unspecified atom stereocenters. The third-order valence-corrected chi connectivity index (χ3v) is 8.43. The van der Waals surface area contributed by atoms with Crippen LogP contribution in [-0.4, -0.2) is 44.3 Å². The lowest BCUT2D eigenvalue weighted by molar-refractivity contribution is -0.120. The van der Waals surface area contributed by atoms with E-state index in [-0.39, 0.29) is 22.6 Å². The van der Waals surface area contributed by atoms with Crippen LogP contribution in [0.2, 0.25) is 0 Å². The van der Waals surface area contributed by atoms with E-state index in [2.05, 4.69) is 54.8 Å². The van der Waals surface area contributed by atoms with Gasteiger partial charge in [0.05, 0.1) is 17.3 Å². The van der Waals surface area contributed by atoms with Crippen LogP contribution in [0.3, 0.4) is 0 Å². The maximum atomic E-state index is 14.6. The summed E-state index contributed by atoms with van der Waals surface area (Å²) >= 11 is 4.48. The molecule has 41 heavy (non-hydrogen) atoms. The van der Waals surface area contributed by atoms with E-state index in [0.29, 0.717) is 22.5 Å². The third kappa shape index (κ3) is 8.03. The van der Waals surface area contributed by atoms with E-state index in [4.69, 9.17) is 0 Å². The van der Waals surface area contributed by atoms with Crippen LogP contribution in [0.15, 0.2) is 58.2 Å². The molecule has 3 aromatic rings. The highest BCUT2D eigenvalue weighted by molar-refractivity contribution is 9.10. The molecule has 2 amide bonds. The molecule has 4 heterocycles. The van der Waals surface area contributed by atoms with E-state index in [1.54, 1.807) is 12.1 Å². The average Bonchev–Trinajstić information content (AvgIpc) is 3.22. The van der Waals surface area contributed by atoms with E-state index in [1.807, 2.05) is 56.0 Å². The van der Waals surface area contributed by atoms with Crippen molar-refractivity contribution in [2.45, 2.75) is 75.9 Å². The molecule has 0 aromatic carbocycles. The van der Waals surface area contributed by atoms with Crippen molar-refractivity contribution < 1.29 is 14.0 Å². The molecule has 0 radical (unpaired) electrons. The first-order chi connectivity index (χ1) is 19.4. The maximum absolute atomic E-state index is 14.6. The zero-order chi connectivity index (χ0) is 29.8. The van der Waals surface area contributed by atoms with E-state index in [9.17, 15) is 14.0 Å². The van der Waals surface area contributed by atoms with Crippen LogP contribution in [0.1, 0.15) is 81.7 Å². The lowest BCUT2D eigenvalue weighted by Crippen LogP contribution is -2.36. The third-order valence-electron chi connectivity index (χ3n) is 7.26. The van der Waals surface area contributed by atoms with Crippen molar-refractivity contribution in [1.82, 2.24) is 24.6 Å². The van der Waals surface area contributed by atoms with Gasteiger partial charge in [0.1, 0.15) is 15.4 Å². The minimum Gasteiger partial charge on any atom is -0.362 e. The molecule has 1 saturated heterocycles. The Morgan fingerprint density at radius 2 is 1.93 bits per heavy atom. The van der Waals surface area contributed by atoms with E-state index in [0.717, 1.165) is 54.5 Å². The molecule has 1 aliphatic rings. The van der Waals surface area contributed by atoms with Crippen LogP contribution >= 0.6 is 27.9 Å². The summed E-state index contributed by atoms with van der Waals surface area (Å²) in [4.78, 5) is 39.4. The highest BCUT2D eigenvalue weighted by Crippen LogP contribution is 2.36. The fourth-order valence-corrected chi connectivity index (χ4v) is 5.97. The van der Waals surface area contributed by atoms with Crippen LogP contribution in [0.5, 0.6) is 0 Å². The number of aromatic nitrogens is 3. The van der Waals surface area contributed by atoms with Gasteiger partial charge < -0.3 is 10.2 Å². The molecule has 4 rings (SSSR count). The Balaban J connectivity index is 1.43. The first-order valence-corrected chi connectivity index (χ1v) is 15.2. The Kier molecular flexibility index (Phi) is 9.69. The lowest BCUT2D eigenvalue weighted by atomic mass is 9.91. The van der Waals surface area contributed by atoms with Gasteiger partial charge in [-0.05, 0) is 91.4 Å². The second-order valence-corrected chi connectivity index (χ2v) is 13.6. The van der Waals surface area contributed by atoms with Crippen molar-refractivity contribution in [2.75, 3.05) is 11.9 Å². The summed E-state index contributed by atoms with van der Waals surface area (Å²) in [5.74, 6) is -0.366. The van der Waals surface area contributed by atoms with Gasteiger partial charge in [0.2, 0.25) is 12.4 Å². The van der Waals surface area contributed by atoms with Gasteiger partial charge in [-0.3, -0.25) is 14.3 Å². The number of anilines is 1. The van der Waals surface area contributed by atoms with Crippen molar-refractivity contribution in [3.8, 4) is 0 Å². The molecule has 1 fully saturated rings. The van der Waals surface area contributed by atoms with Gasteiger partial charge in [-0.25, -0.2) is 15.0 Å². The number of carbonyl (C=O) groups is 2. The quantitative estimate of drug-likeness (QED) is 0.144. The molecule has 0 spiro atoms. The number of hydrogen-bond acceptors (Lipinski definition) is 7. The number of carbonyl (C=O) groups excluding carboxylic acids is 2. The number of nitrogens with zero attached hydrogens (tertiary/aromatic N) is 4. The van der Waals surface area contributed by atoms with E-state index in [1.165, 1.54) is 6.07 Å². The zero-order valence-electron chi connectivity index (χ0n) is 23.9. The molecule has 0 bridgehead atoms. The van der Waals surface area contributed by atoms with Crippen LogP contribution in [0, 0.1) is 11.9 Å². The fraction of sp³-hybridized carbons (Fsp3) is 0.433. The molecule has 1 aliphatic heterocycles. The predicted molar refractivity (Wildman–Crippen MR) is 163 cm³/mol. The zero-order valence-corrected chi connectivity index (χ0v) is 26.4. The smallest absolute Gasteiger partial charge is 0.266 e. The molecule has 218 valence electrons. The number of pyridine rings is 3. The Morgan fingerprint density at radius 1 is 1.17 bits per heavy atom. The summed E-state index contributed by atoms with van der Waals surface area (Å²) in [5, 5.41) is 4.05. The van der Waals surface area contributed by atoms with Gasteiger partial charge in [0.25, 0.3) is 5.91 Å². The topological polar surface area (TPSA) is 100 Å². The fourth-order valence-electron chi connectivity index (χ4n) is 5.01. The van der Waals surface area contributed by atoms with Gasteiger partial charge in [-0.2, -0.15) is 4.39 Å². The number of halogens is 2. The number of hydrogen-bond donors (Lipinski definition) is 2. The van der Waals surface area contributed by atoms with Crippen molar-refractivity contribution in [3.05, 3.63) is 76.0 Å². The molecule has 0 aliphatic carbocycles. The van der Waals surface area contributed by atoms with Gasteiger partial charge in [-0.1, -0.05) is 32.9 Å². The Hall–Kier alpha value is -3.05. The van der Waals surface area contributed by atoms with Crippen LogP contribution in [-0.2, 0) is 10.2 Å². The monoisotopic (exact) mass is 642 g/mol. The van der Waals surface area contributed by atoms with E-state index >= 15 is 0 Å². The Labute approximate surface area is 253 Å². The van der Waals surface area contributed by atoms with E-state index < -0.39 is 11.9 Å². The van der Waals surface area contributed by atoms with Crippen molar-refractivity contribution in [3.63, 3.8) is 0 Å². The van der Waals surface area contributed by atoms with Crippen molar-refractivity contribution in [2.24, 2.45) is 5.92 Å². The van der Waals surface area contributed by atoms with Gasteiger partial charge in [0.15, 0.2) is 0 Å². The first-order valence-electron chi connectivity index (χ1n) is 13.6. The van der Waals surface area contributed by atoms with Crippen LogP contribution < -0.4 is 10.0 Å². The molecule has 11 heteroatoms. The van der Waals surface area contributed by atoms with Gasteiger partial charge >= 0.3 is 0 Å². The van der Waals surface area contributed by atoms with Gasteiger partial charge in [-0.15, -0.1) is 0 Å². The first kappa shape index (κ1) is 30.9. The second-order valence-electron chi connectivity index (χ2n) is 12.0. The van der Waals surface area contributed by atoms with Gasteiger partial charge in [0, 0.05) is 35.1 Å². The molecular weight excluding hydrogens is 607 g/mol.